The van der Waals surface area contributed by atoms with E-state index in [0.717, 1.165) is 22.4 Å². The Labute approximate surface area is 165 Å². The van der Waals surface area contributed by atoms with E-state index in [1.165, 1.54) is 5.56 Å². The first kappa shape index (κ1) is 19.2. The summed E-state index contributed by atoms with van der Waals surface area (Å²) >= 11 is 0. The van der Waals surface area contributed by atoms with Crippen molar-refractivity contribution in [1.29, 1.82) is 5.26 Å². The molecular formula is C23H23N3O2. The molecule has 0 aliphatic heterocycles. The van der Waals surface area contributed by atoms with E-state index in [1.807, 2.05) is 50.2 Å². The Morgan fingerprint density at radius 3 is 2.46 bits per heavy atom. The number of anilines is 1. The van der Waals surface area contributed by atoms with Gasteiger partial charge in [0.25, 0.3) is 0 Å². The van der Waals surface area contributed by atoms with Gasteiger partial charge in [-0.1, -0.05) is 29.8 Å². The van der Waals surface area contributed by atoms with E-state index in [4.69, 9.17) is 15.2 Å². The Morgan fingerprint density at radius 2 is 1.82 bits per heavy atom. The average molecular weight is 373 g/mol. The maximum Gasteiger partial charge on any atom is 0.161 e. The van der Waals surface area contributed by atoms with Crippen LogP contribution in [0.4, 0.5) is 5.82 Å². The fourth-order valence-corrected chi connectivity index (χ4v) is 3.26. The summed E-state index contributed by atoms with van der Waals surface area (Å²) in [5.74, 6) is 1.47. The Morgan fingerprint density at radius 1 is 1.04 bits per heavy atom. The molecule has 0 fully saturated rings. The standard InChI is InChI=1S/C23H23N3O2/c1-5-28-21-9-7-16(11-22(21)27-4)18-12-20(26-23(25)19(18)13-24)17-8-6-14(2)10-15(17)3/h6-12H,5H2,1-4H3,(H2,25,26). The summed E-state index contributed by atoms with van der Waals surface area (Å²) in [4.78, 5) is 4.48. The summed E-state index contributed by atoms with van der Waals surface area (Å²) in [5, 5.41) is 9.65. The van der Waals surface area contributed by atoms with Crippen LogP contribution in [0.25, 0.3) is 22.4 Å². The highest BCUT2D eigenvalue weighted by molar-refractivity contribution is 5.81. The maximum atomic E-state index is 9.65. The van der Waals surface area contributed by atoms with Gasteiger partial charge in [0.2, 0.25) is 0 Å². The molecule has 3 rings (SSSR count). The van der Waals surface area contributed by atoms with E-state index >= 15 is 0 Å². The molecule has 28 heavy (non-hydrogen) atoms. The van der Waals surface area contributed by atoms with Crippen molar-refractivity contribution in [2.75, 3.05) is 19.5 Å². The lowest BCUT2D eigenvalue weighted by molar-refractivity contribution is 0.311. The zero-order valence-electron chi connectivity index (χ0n) is 16.5. The van der Waals surface area contributed by atoms with Crippen LogP contribution in [0, 0.1) is 25.2 Å². The first-order valence-electron chi connectivity index (χ1n) is 9.08. The van der Waals surface area contributed by atoms with Gasteiger partial charge in [0, 0.05) is 11.1 Å². The van der Waals surface area contributed by atoms with Gasteiger partial charge in [-0.2, -0.15) is 5.26 Å². The van der Waals surface area contributed by atoms with E-state index < -0.39 is 0 Å². The van der Waals surface area contributed by atoms with Crippen LogP contribution in [0.15, 0.2) is 42.5 Å². The molecule has 2 N–H and O–H groups in total. The molecule has 0 atom stereocenters. The van der Waals surface area contributed by atoms with Gasteiger partial charge >= 0.3 is 0 Å². The summed E-state index contributed by atoms with van der Waals surface area (Å²) in [6.45, 7) is 6.55. The Hall–Kier alpha value is -3.52. The summed E-state index contributed by atoms with van der Waals surface area (Å²) < 4.78 is 11.0. The Bertz CT molecular complexity index is 1070. The molecule has 0 aliphatic rings. The van der Waals surface area contributed by atoms with E-state index in [0.29, 0.717) is 29.2 Å². The number of aryl methyl sites for hydroxylation is 2. The molecule has 0 aliphatic carbocycles. The molecule has 5 nitrogen and oxygen atoms in total. The van der Waals surface area contributed by atoms with Crippen molar-refractivity contribution < 1.29 is 9.47 Å². The third kappa shape index (κ3) is 3.63. The van der Waals surface area contributed by atoms with Crippen LogP contribution in [-0.4, -0.2) is 18.7 Å². The molecule has 0 saturated carbocycles. The predicted molar refractivity (Wildman–Crippen MR) is 111 cm³/mol. The highest BCUT2D eigenvalue weighted by atomic mass is 16.5. The highest BCUT2D eigenvalue weighted by Crippen LogP contribution is 2.37. The largest absolute Gasteiger partial charge is 0.493 e. The van der Waals surface area contributed by atoms with Crippen LogP contribution < -0.4 is 15.2 Å². The lowest BCUT2D eigenvalue weighted by Gasteiger charge is -2.14. The topological polar surface area (TPSA) is 81.2 Å². The Kier molecular flexibility index (Phi) is 5.51. The fourth-order valence-electron chi connectivity index (χ4n) is 3.26. The molecule has 142 valence electrons. The van der Waals surface area contributed by atoms with Crippen LogP contribution in [0.3, 0.4) is 0 Å². The number of hydrogen-bond donors (Lipinski definition) is 1. The molecule has 0 radical (unpaired) electrons. The van der Waals surface area contributed by atoms with E-state index in [-0.39, 0.29) is 5.82 Å². The highest BCUT2D eigenvalue weighted by Gasteiger charge is 2.16. The second-order valence-electron chi connectivity index (χ2n) is 6.54. The van der Waals surface area contributed by atoms with Crippen molar-refractivity contribution in [3.63, 3.8) is 0 Å². The normalized spacial score (nSPS) is 10.4. The summed E-state index contributed by atoms with van der Waals surface area (Å²) in [7, 11) is 1.59. The molecule has 0 unspecified atom stereocenters. The number of nitrogen functional groups attached to an aromatic ring is 1. The third-order valence-corrected chi connectivity index (χ3v) is 4.59. The smallest absolute Gasteiger partial charge is 0.161 e. The fraction of sp³-hybridized carbons (Fsp3) is 0.217. The summed E-state index contributed by atoms with van der Waals surface area (Å²) in [6, 6.07) is 15.8. The third-order valence-electron chi connectivity index (χ3n) is 4.59. The zero-order valence-corrected chi connectivity index (χ0v) is 16.5. The first-order valence-corrected chi connectivity index (χ1v) is 9.08. The molecule has 0 spiro atoms. The van der Waals surface area contributed by atoms with Crippen LogP contribution in [0.5, 0.6) is 11.5 Å². The van der Waals surface area contributed by atoms with Crippen molar-refractivity contribution in [1.82, 2.24) is 4.98 Å². The molecule has 0 amide bonds. The van der Waals surface area contributed by atoms with Crippen LogP contribution >= 0.6 is 0 Å². The van der Waals surface area contributed by atoms with Gasteiger partial charge in [-0.25, -0.2) is 4.98 Å². The molecule has 5 heteroatoms. The summed E-state index contributed by atoms with van der Waals surface area (Å²) in [5.41, 5.74) is 12.0. The minimum absolute atomic E-state index is 0.211. The lowest BCUT2D eigenvalue weighted by atomic mass is 9.96. The first-order chi connectivity index (χ1) is 13.5. The summed E-state index contributed by atoms with van der Waals surface area (Å²) in [6.07, 6.45) is 0. The van der Waals surface area contributed by atoms with Gasteiger partial charge in [-0.3, -0.25) is 0 Å². The number of nitrogens with zero attached hydrogens (tertiary/aromatic N) is 2. The molecule has 0 saturated heterocycles. The predicted octanol–water partition coefficient (Wildman–Crippen LogP) is 4.89. The number of benzene rings is 2. The van der Waals surface area contributed by atoms with Gasteiger partial charge in [-0.05, 0) is 50.1 Å². The van der Waals surface area contributed by atoms with Gasteiger partial charge < -0.3 is 15.2 Å². The molecule has 1 aromatic heterocycles. The number of aromatic nitrogens is 1. The zero-order chi connectivity index (χ0) is 20.3. The lowest BCUT2D eigenvalue weighted by Crippen LogP contribution is -2.01. The molecule has 1 heterocycles. The minimum Gasteiger partial charge on any atom is -0.493 e. The number of nitrogens with two attached hydrogens (primary N) is 1. The van der Waals surface area contributed by atoms with Gasteiger partial charge in [0.15, 0.2) is 11.5 Å². The number of methoxy groups -OCH3 is 1. The second kappa shape index (κ2) is 8.01. The number of pyridine rings is 1. The van der Waals surface area contributed by atoms with Gasteiger partial charge in [-0.15, -0.1) is 0 Å². The SMILES string of the molecule is CCOc1ccc(-c2cc(-c3ccc(C)cc3C)nc(N)c2C#N)cc1OC. The van der Waals surface area contributed by atoms with Crippen molar-refractivity contribution >= 4 is 5.82 Å². The van der Waals surface area contributed by atoms with E-state index in [1.54, 1.807) is 7.11 Å². The molecule has 2 aromatic carbocycles. The Balaban J connectivity index is 2.20. The van der Waals surface area contributed by atoms with Gasteiger partial charge in [0.1, 0.15) is 17.5 Å². The van der Waals surface area contributed by atoms with E-state index in [9.17, 15) is 5.26 Å². The number of nitriles is 1. The van der Waals surface area contributed by atoms with E-state index in [2.05, 4.69) is 24.0 Å². The maximum absolute atomic E-state index is 9.65. The number of hydrogen-bond acceptors (Lipinski definition) is 5. The molecular weight excluding hydrogens is 350 g/mol. The van der Waals surface area contributed by atoms with Crippen molar-refractivity contribution in [3.05, 3.63) is 59.2 Å². The number of ether oxygens (including phenoxy) is 2. The second-order valence-corrected chi connectivity index (χ2v) is 6.54. The quantitative estimate of drug-likeness (QED) is 0.688. The van der Waals surface area contributed by atoms with Crippen molar-refractivity contribution in [2.45, 2.75) is 20.8 Å². The molecule has 0 bridgehead atoms. The van der Waals surface area contributed by atoms with Crippen molar-refractivity contribution in [2.24, 2.45) is 0 Å². The van der Waals surface area contributed by atoms with Crippen molar-refractivity contribution in [3.8, 4) is 40.0 Å². The van der Waals surface area contributed by atoms with Crippen LogP contribution in [0.1, 0.15) is 23.6 Å². The van der Waals surface area contributed by atoms with Crippen LogP contribution in [0.2, 0.25) is 0 Å². The molecule has 3 aromatic rings. The van der Waals surface area contributed by atoms with Crippen LogP contribution in [-0.2, 0) is 0 Å². The van der Waals surface area contributed by atoms with Gasteiger partial charge in [0.05, 0.1) is 19.4 Å². The average Bonchev–Trinajstić information content (AvgIpc) is 2.68. The minimum atomic E-state index is 0.211. The monoisotopic (exact) mass is 373 g/mol. The number of rotatable bonds is 5.